The summed E-state index contributed by atoms with van der Waals surface area (Å²) < 4.78 is 5.58. The van der Waals surface area contributed by atoms with Crippen molar-refractivity contribution in [2.24, 2.45) is 50.2 Å². The van der Waals surface area contributed by atoms with Gasteiger partial charge in [0.15, 0.2) is 0 Å². The lowest BCUT2D eigenvalue weighted by Crippen LogP contribution is -2.64. The van der Waals surface area contributed by atoms with E-state index >= 15 is 0 Å². The minimum Gasteiger partial charge on any atom is -0.466 e. The van der Waals surface area contributed by atoms with E-state index in [1.807, 2.05) is 6.92 Å². The molecule has 5 aliphatic rings. The van der Waals surface area contributed by atoms with Crippen LogP contribution in [-0.2, 0) is 14.3 Å². The fraction of sp³-hybridized carbons (Fsp3) is 0.875. The van der Waals surface area contributed by atoms with Gasteiger partial charge in [-0.1, -0.05) is 53.2 Å². The van der Waals surface area contributed by atoms with E-state index in [9.17, 15) is 9.59 Å². The summed E-state index contributed by atoms with van der Waals surface area (Å²) in [5, 5.41) is 0. The van der Waals surface area contributed by atoms with Gasteiger partial charge in [-0.2, -0.15) is 0 Å². The molecule has 8 atom stereocenters. The Morgan fingerprint density at radius 1 is 0.943 bits per heavy atom. The largest absolute Gasteiger partial charge is 0.466 e. The van der Waals surface area contributed by atoms with Gasteiger partial charge in [-0.15, -0.1) is 0 Å². The molecule has 0 bridgehead atoms. The maximum absolute atomic E-state index is 13.0. The number of esters is 1. The summed E-state index contributed by atoms with van der Waals surface area (Å²) in [7, 11) is 0. The second kappa shape index (κ2) is 7.70. The molecule has 35 heavy (non-hydrogen) atoms. The van der Waals surface area contributed by atoms with E-state index in [2.05, 4.69) is 54.5 Å². The molecule has 0 unspecified atom stereocenters. The van der Waals surface area contributed by atoms with Crippen LogP contribution >= 0.6 is 0 Å². The van der Waals surface area contributed by atoms with E-state index in [1.165, 1.54) is 25.7 Å². The van der Waals surface area contributed by atoms with E-state index in [-0.39, 0.29) is 33.0 Å². The number of rotatable bonds is 2. The molecule has 5 aliphatic carbocycles. The Balaban J connectivity index is 1.54. The molecule has 0 aromatic heterocycles. The number of hydrogen-bond acceptors (Lipinski definition) is 3. The number of Topliss-reactive ketones (excluding diaryl/α,β-unsaturated/α-hetero) is 1. The molecule has 4 fully saturated rings. The van der Waals surface area contributed by atoms with E-state index < -0.39 is 0 Å². The van der Waals surface area contributed by atoms with Crippen LogP contribution in [0.3, 0.4) is 0 Å². The molecule has 3 nitrogen and oxygen atoms in total. The second-order valence-corrected chi connectivity index (χ2v) is 15.1. The summed E-state index contributed by atoms with van der Waals surface area (Å²) in [5.74, 6) is 2.08. The van der Waals surface area contributed by atoms with Crippen LogP contribution in [0.25, 0.3) is 0 Å². The molecule has 3 heteroatoms. The van der Waals surface area contributed by atoms with Crippen LogP contribution in [0.2, 0.25) is 0 Å². The first-order chi connectivity index (χ1) is 16.2. The average molecular weight is 483 g/mol. The van der Waals surface area contributed by atoms with Crippen molar-refractivity contribution in [2.75, 3.05) is 6.61 Å². The van der Waals surface area contributed by atoms with Crippen LogP contribution in [0.5, 0.6) is 0 Å². The van der Waals surface area contributed by atoms with Crippen molar-refractivity contribution in [3.63, 3.8) is 0 Å². The zero-order chi connectivity index (χ0) is 25.7. The third kappa shape index (κ3) is 3.21. The van der Waals surface area contributed by atoms with E-state index in [1.54, 1.807) is 5.57 Å². The SMILES string of the molecule is CCOC(=O)[C@]1(C)CC[C@]2(C)CC[C@]3(C)C(=CC[C@@H]4[C@@]5(C)CCC(=O)C(C)(C)[C@@H]5CC[C@]43C)[C@@H]2C1. The third-order valence-electron chi connectivity index (χ3n) is 13.3. The first kappa shape index (κ1) is 25.5. The quantitative estimate of drug-likeness (QED) is 0.296. The highest BCUT2D eigenvalue weighted by Crippen LogP contribution is 2.75. The monoisotopic (exact) mass is 482 g/mol. The minimum atomic E-state index is -0.367. The number of carbonyl (C=O) groups is 2. The Bertz CT molecular complexity index is 962. The lowest BCUT2D eigenvalue weighted by Gasteiger charge is -2.70. The predicted octanol–water partition coefficient (Wildman–Crippen LogP) is 7.92. The topological polar surface area (TPSA) is 43.4 Å². The minimum absolute atomic E-state index is 0.0111. The average Bonchev–Trinajstić information content (AvgIpc) is 2.78. The molecule has 196 valence electrons. The van der Waals surface area contributed by atoms with Crippen LogP contribution < -0.4 is 0 Å². The zero-order valence-electron chi connectivity index (χ0n) is 23.8. The Morgan fingerprint density at radius 3 is 2.31 bits per heavy atom. The number of ketones is 1. The normalized spacial score (nSPS) is 50.7. The summed E-state index contributed by atoms with van der Waals surface area (Å²) in [5.41, 5.74) is 2.05. The van der Waals surface area contributed by atoms with Gasteiger partial charge in [0.1, 0.15) is 5.78 Å². The summed E-state index contributed by atoms with van der Waals surface area (Å²) in [6.45, 7) is 19.3. The summed E-state index contributed by atoms with van der Waals surface area (Å²) in [6, 6.07) is 0. The number of fused-ring (bicyclic) bond motifs is 7. The van der Waals surface area contributed by atoms with Gasteiger partial charge in [-0.3, -0.25) is 9.59 Å². The van der Waals surface area contributed by atoms with Crippen molar-refractivity contribution in [1.82, 2.24) is 0 Å². The highest BCUT2D eigenvalue weighted by Gasteiger charge is 2.68. The molecule has 0 aromatic rings. The molecule has 0 radical (unpaired) electrons. The number of allylic oxidation sites excluding steroid dienone is 2. The Labute approximate surface area is 214 Å². The predicted molar refractivity (Wildman–Crippen MR) is 141 cm³/mol. The van der Waals surface area contributed by atoms with Gasteiger partial charge in [0.05, 0.1) is 12.0 Å². The smallest absolute Gasteiger partial charge is 0.311 e. The first-order valence-corrected chi connectivity index (χ1v) is 14.6. The van der Waals surface area contributed by atoms with E-state index in [0.29, 0.717) is 35.6 Å². The van der Waals surface area contributed by atoms with Crippen LogP contribution in [-0.4, -0.2) is 18.4 Å². The Kier molecular flexibility index (Phi) is 5.62. The van der Waals surface area contributed by atoms with Gasteiger partial charge >= 0.3 is 5.97 Å². The van der Waals surface area contributed by atoms with Crippen molar-refractivity contribution in [2.45, 2.75) is 120 Å². The Morgan fingerprint density at radius 2 is 1.63 bits per heavy atom. The van der Waals surface area contributed by atoms with Gasteiger partial charge in [0.25, 0.3) is 0 Å². The van der Waals surface area contributed by atoms with Crippen molar-refractivity contribution in [3.05, 3.63) is 11.6 Å². The van der Waals surface area contributed by atoms with Crippen molar-refractivity contribution in [1.29, 1.82) is 0 Å². The van der Waals surface area contributed by atoms with Gasteiger partial charge in [0.2, 0.25) is 0 Å². The standard InChI is InChI=1S/C32H50O3/c1-9-35-26(34)29(5)17-16-28(4)18-19-31(7)21(22(28)20-29)10-11-24-30(6)14-13-25(33)27(2,3)23(30)12-15-32(24,31)8/h10,22-24H,9,11-20H2,1-8H3/t22-,23-,24+,28+,29+,30-,31+,32+/m0/s1. The van der Waals surface area contributed by atoms with Gasteiger partial charge < -0.3 is 4.74 Å². The highest BCUT2D eigenvalue weighted by molar-refractivity contribution is 5.85. The molecule has 0 saturated heterocycles. The van der Waals surface area contributed by atoms with E-state index in [4.69, 9.17) is 4.74 Å². The second-order valence-electron chi connectivity index (χ2n) is 15.1. The fourth-order valence-corrected chi connectivity index (χ4v) is 10.6. The van der Waals surface area contributed by atoms with Crippen LogP contribution in [0.1, 0.15) is 120 Å². The maximum Gasteiger partial charge on any atom is 0.311 e. The van der Waals surface area contributed by atoms with Crippen LogP contribution in [0.4, 0.5) is 0 Å². The molecule has 0 aliphatic heterocycles. The first-order valence-electron chi connectivity index (χ1n) is 14.6. The third-order valence-corrected chi connectivity index (χ3v) is 13.3. The lowest BCUT2D eigenvalue weighted by atomic mass is 9.33. The fourth-order valence-electron chi connectivity index (χ4n) is 10.6. The highest BCUT2D eigenvalue weighted by atomic mass is 16.5. The molecule has 0 amide bonds. The molecule has 0 aromatic carbocycles. The Hall–Kier alpha value is -1.12. The summed E-state index contributed by atoms with van der Waals surface area (Å²) in [6.07, 6.45) is 13.5. The summed E-state index contributed by atoms with van der Waals surface area (Å²) >= 11 is 0. The number of hydrogen-bond donors (Lipinski definition) is 0. The summed E-state index contributed by atoms with van der Waals surface area (Å²) in [4.78, 5) is 26.0. The molecular weight excluding hydrogens is 432 g/mol. The molecule has 5 rings (SSSR count). The van der Waals surface area contributed by atoms with Crippen molar-refractivity contribution < 1.29 is 14.3 Å². The number of ether oxygens (including phenoxy) is 1. The van der Waals surface area contributed by atoms with Gasteiger partial charge in [-0.25, -0.2) is 0 Å². The van der Waals surface area contributed by atoms with Gasteiger partial charge in [0, 0.05) is 11.8 Å². The molecule has 0 N–H and O–H groups in total. The number of carbonyl (C=O) groups excluding carboxylic acids is 2. The van der Waals surface area contributed by atoms with E-state index in [0.717, 1.165) is 38.5 Å². The molecule has 0 heterocycles. The molecule has 0 spiro atoms. The molecule has 4 saturated carbocycles. The van der Waals surface area contributed by atoms with Gasteiger partial charge in [-0.05, 0) is 111 Å². The maximum atomic E-state index is 13.0. The lowest BCUT2D eigenvalue weighted by molar-refractivity contribution is -0.186. The van der Waals surface area contributed by atoms with Crippen LogP contribution in [0.15, 0.2) is 11.6 Å². The van der Waals surface area contributed by atoms with Crippen LogP contribution in [0, 0.1) is 50.2 Å². The van der Waals surface area contributed by atoms with Crippen molar-refractivity contribution in [3.8, 4) is 0 Å². The molecular formula is C32H50O3. The van der Waals surface area contributed by atoms with Crippen molar-refractivity contribution >= 4 is 11.8 Å². The zero-order valence-corrected chi connectivity index (χ0v) is 23.8.